The molecule has 0 spiro atoms. The number of nitrogens with one attached hydrogen (secondary N) is 1. The Bertz CT molecular complexity index is 504. The molecule has 2 N–H and O–H groups in total. The third kappa shape index (κ3) is 3.98. The van der Waals surface area contributed by atoms with Crippen molar-refractivity contribution < 1.29 is 19.1 Å². The molecule has 1 aliphatic rings. The lowest BCUT2D eigenvalue weighted by Crippen LogP contribution is -2.53. The zero-order chi connectivity index (χ0) is 15.4. The van der Waals surface area contributed by atoms with E-state index in [2.05, 4.69) is 24.1 Å². The van der Waals surface area contributed by atoms with E-state index in [1.165, 1.54) is 6.07 Å². The molecule has 0 saturated carbocycles. The Kier molecular flexibility index (Phi) is 4.85. The molecule has 7 heteroatoms. The van der Waals surface area contributed by atoms with E-state index in [9.17, 15) is 9.59 Å². The van der Waals surface area contributed by atoms with Gasteiger partial charge >= 0.3 is 12.0 Å². The van der Waals surface area contributed by atoms with Crippen molar-refractivity contribution in [2.24, 2.45) is 0 Å². The maximum atomic E-state index is 12.0. The highest BCUT2D eigenvalue weighted by atomic mass is 16.4. The molecule has 0 bridgehead atoms. The van der Waals surface area contributed by atoms with Crippen molar-refractivity contribution in [2.75, 3.05) is 26.2 Å². The Morgan fingerprint density at radius 3 is 2.48 bits per heavy atom. The van der Waals surface area contributed by atoms with Crippen molar-refractivity contribution in [1.29, 1.82) is 0 Å². The normalized spacial score (nSPS) is 16.2. The largest absolute Gasteiger partial charge is 0.475 e. The van der Waals surface area contributed by atoms with Gasteiger partial charge in [-0.25, -0.2) is 9.59 Å². The van der Waals surface area contributed by atoms with Crippen LogP contribution in [0.1, 0.15) is 30.2 Å². The number of hydrogen-bond donors (Lipinski definition) is 2. The van der Waals surface area contributed by atoms with E-state index < -0.39 is 5.97 Å². The summed E-state index contributed by atoms with van der Waals surface area (Å²) in [5.41, 5.74) is 0. The minimum Gasteiger partial charge on any atom is -0.475 e. The summed E-state index contributed by atoms with van der Waals surface area (Å²) >= 11 is 0. The van der Waals surface area contributed by atoms with Crippen molar-refractivity contribution in [3.05, 3.63) is 23.7 Å². The molecule has 0 unspecified atom stereocenters. The van der Waals surface area contributed by atoms with Gasteiger partial charge in [0, 0.05) is 32.2 Å². The maximum absolute atomic E-state index is 12.0. The molecule has 21 heavy (non-hydrogen) atoms. The average molecular weight is 295 g/mol. The van der Waals surface area contributed by atoms with E-state index in [1.807, 2.05) is 0 Å². The number of furan rings is 1. The standard InChI is InChI=1S/C14H21N3O4/c1-10(2)16-5-7-17(8-6-16)14(20)15-9-11-3-4-12(21-11)13(18)19/h3-4,10H,5-9H2,1-2H3,(H,15,20)(H,18,19). The van der Waals surface area contributed by atoms with Crippen LogP contribution in [0.3, 0.4) is 0 Å². The SMILES string of the molecule is CC(C)N1CCN(C(=O)NCc2ccc(C(=O)O)o2)CC1. The lowest BCUT2D eigenvalue weighted by atomic mass is 10.2. The number of rotatable bonds is 4. The van der Waals surface area contributed by atoms with Gasteiger partial charge in [-0.05, 0) is 26.0 Å². The fourth-order valence-corrected chi connectivity index (χ4v) is 2.30. The lowest BCUT2D eigenvalue weighted by molar-refractivity contribution is 0.0660. The summed E-state index contributed by atoms with van der Waals surface area (Å²) in [6.07, 6.45) is 0. The molecular formula is C14H21N3O4. The number of amides is 2. The molecule has 2 rings (SSSR count). The van der Waals surface area contributed by atoms with Gasteiger partial charge in [-0.1, -0.05) is 0 Å². The van der Waals surface area contributed by atoms with Gasteiger partial charge in [-0.2, -0.15) is 0 Å². The summed E-state index contributed by atoms with van der Waals surface area (Å²) in [6, 6.07) is 3.28. The number of piperazine rings is 1. The van der Waals surface area contributed by atoms with Gasteiger partial charge in [0.15, 0.2) is 0 Å². The predicted octanol–water partition coefficient (Wildman–Crippen LogP) is 1.21. The second-order valence-electron chi connectivity index (χ2n) is 5.35. The molecule has 2 amide bonds. The van der Waals surface area contributed by atoms with Crippen LogP contribution in [-0.2, 0) is 6.54 Å². The average Bonchev–Trinajstić information content (AvgIpc) is 2.94. The van der Waals surface area contributed by atoms with Crippen LogP contribution in [-0.4, -0.2) is 59.1 Å². The van der Waals surface area contributed by atoms with Crippen molar-refractivity contribution in [3.8, 4) is 0 Å². The Balaban J connectivity index is 1.78. The van der Waals surface area contributed by atoms with Crippen LogP contribution in [0, 0.1) is 0 Å². The minimum absolute atomic E-state index is 0.121. The van der Waals surface area contributed by atoms with Crippen LogP contribution >= 0.6 is 0 Å². The molecule has 2 heterocycles. The number of carbonyl (C=O) groups excluding carboxylic acids is 1. The van der Waals surface area contributed by atoms with Crippen molar-refractivity contribution in [1.82, 2.24) is 15.1 Å². The van der Waals surface area contributed by atoms with Crippen LogP contribution in [0.25, 0.3) is 0 Å². The summed E-state index contributed by atoms with van der Waals surface area (Å²) in [6.45, 7) is 7.62. The number of carboxylic acid groups (broad SMARTS) is 1. The number of hydrogen-bond acceptors (Lipinski definition) is 4. The van der Waals surface area contributed by atoms with E-state index in [4.69, 9.17) is 9.52 Å². The van der Waals surface area contributed by atoms with Gasteiger partial charge in [0.2, 0.25) is 5.76 Å². The molecule has 1 fully saturated rings. The van der Waals surface area contributed by atoms with E-state index in [1.54, 1.807) is 11.0 Å². The molecule has 116 valence electrons. The zero-order valence-corrected chi connectivity index (χ0v) is 12.3. The van der Waals surface area contributed by atoms with Crippen molar-refractivity contribution >= 4 is 12.0 Å². The number of carbonyl (C=O) groups is 2. The number of urea groups is 1. The van der Waals surface area contributed by atoms with Crippen molar-refractivity contribution in [2.45, 2.75) is 26.4 Å². The second-order valence-corrected chi connectivity index (χ2v) is 5.35. The zero-order valence-electron chi connectivity index (χ0n) is 12.3. The third-order valence-electron chi connectivity index (χ3n) is 3.62. The van der Waals surface area contributed by atoms with Crippen LogP contribution in [0.5, 0.6) is 0 Å². The first-order valence-corrected chi connectivity index (χ1v) is 7.06. The first-order chi connectivity index (χ1) is 9.97. The molecular weight excluding hydrogens is 274 g/mol. The quantitative estimate of drug-likeness (QED) is 0.872. The van der Waals surface area contributed by atoms with Gasteiger partial charge in [-0.3, -0.25) is 4.90 Å². The van der Waals surface area contributed by atoms with Crippen molar-refractivity contribution in [3.63, 3.8) is 0 Å². The van der Waals surface area contributed by atoms with Crippen LogP contribution in [0.4, 0.5) is 4.79 Å². The Morgan fingerprint density at radius 2 is 1.95 bits per heavy atom. The number of aromatic carboxylic acids is 1. The highest BCUT2D eigenvalue weighted by Gasteiger charge is 2.22. The van der Waals surface area contributed by atoms with Crippen LogP contribution in [0.2, 0.25) is 0 Å². The summed E-state index contributed by atoms with van der Waals surface area (Å²) in [7, 11) is 0. The fraction of sp³-hybridized carbons (Fsp3) is 0.571. The minimum atomic E-state index is -1.11. The highest BCUT2D eigenvalue weighted by Crippen LogP contribution is 2.09. The summed E-state index contributed by atoms with van der Waals surface area (Å²) in [4.78, 5) is 26.8. The monoisotopic (exact) mass is 295 g/mol. The molecule has 0 atom stereocenters. The molecule has 1 aromatic heterocycles. The topological polar surface area (TPSA) is 86.0 Å². The molecule has 1 aliphatic heterocycles. The lowest BCUT2D eigenvalue weighted by Gasteiger charge is -2.36. The van der Waals surface area contributed by atoms with Gasteiger partial charge in [0.05, 0.1) is 6.54 Å². The van der Waals surface area contributed by atoms with Gasteiger partial charge in [0.25, 0.3) is 0 Å². The summed E-state index contributed by atoms with van der Waals surface area (Å²) in [5.74, 6) is -0.802. The second kappa shape index (κ2) is 6.62. The Morgan fingerprint density at radius 1 is 1.29 bits per heavy atom. The van der Waals surface area contributed by atoms with E-state index >= 15 is 0 Å². The van der Waals surface area contributed by atoms with Crippen LogP contribution < -0.4 is 5.32 Å². The first-order valence-electron chi connectivity index (χ1n) is 7.06. The van der Waals surface area contributed by atoms with E-state index in [-0.39, 0.29) is 18.3 Å². The number of carboxylic acids is 1. The van der Waals surface area contributed by atoms with Gasteiger partial charge in [0.1, 0.15) is 5.76 Å². The van der Waals surface area contributed by atoms with E-state index in [0.717, 1.165) is 13.1 Å². The predicted molar refractivity (Wildman–Crippen MR) is 76.2 cm³/mol. The smallest absolute Gasteiger partial charge is 0.371 e. The molecule has 1 saturated heterocycles. The third-order valence-corrected chi connectivity index (χ3v) is 3.62. The Hall–Kier alpha value is -2.02. The molecule has 0 aliphatic carbocycles. The molecule has 0 radical (unpaired) electrons. The highest BCUT2D eigenvalue weighted by molar-refractivity contribution is 5.84. The van der Waals surface area contributed by atoms with Crippen LogP contribution in [0.15, 0.2) is 16.5 Å². The maximum Gasteiger partial charge on any atom is 0.371 e. The van der Waals surface area contributed by atoms with E-state index in [0.29, 0.717) is 24.9 Å². The molecule has 0 aromatic carbocycles. The first kappa shape index (κ1) is 15.4. The molecule has 7 nitrogen and oxygen atoms in total. The van der Waals surface area contributed by atoms with Gasteiger partial charge < -0.3 is 19.7 Å². The number of nitrogens with zero attached hydrogens (tertiary/aromatic N) is 2. The van der Waals surface area contributed by atoms with Gasteiger partial charge in [-0.15, -0.1) is 0 Å². The fourth-order valence-electron chi connectivity index (χ4n) is 2.30. The summed E-state index contributed by atoms with van der Waals surface area (Å²) < 4.78 is 5.09. The molecule has 1 aromatic rings. The summed E-state index contributed by atoms with van der Waals surface area (Å²) in [5, 5.41) is 11.5. The Labute approximate surface area is 123 Å².